The summed E-state index contributed by atoms with van der Waals surface area (Å²) in [5.41, 5.74) is 0.610. The van der Waals surface area contributed by atoms with Crippen LogP contribution in [0.3, 0.4) is 0 Å². The number of carbonyl (C=O) groups excluding carboxylic acids is 1. The largest absolute Gasteiger partial charge is 0.480 e. The predicted molar refractivity (Wildman–Crippen MR) is 79.2 cm³/mol. The molecule has 1 amide bonds. The van der Waals surface area contributed by atoms with Gasteiger partial charge in [0.15, 0.2) is 0 Å². The number of benzene rings is 1. The number of carboxylic acids is 1. The molecule has 0 aliphatic carbocycles. The minimum atomic E-state index is -1.07. The Morgan fingerprint density at radius 2 is 2.05 bits per heavy atom. The summed E-state index contributed by atoms with van der Waals surface area (Å²) < 4.78 is 0. The summed E-state index contributed by atoms with van der Waals surface area (Å²) in [5, 5.41) is 20.4. The van der Waals surface area contributed by atoms with Crippen molar-refractivity contribution < 1.29 is 14.7 Å². The average molecular weight is 286 g/mol. The smallest absolute Gasteiger partial charge is 0.326 e. The number of carbonyl (C=O) groups is 2. The number of carboxylic acid groups (broad SMARTS) is 1. The second-order valence-electron chi connectivity index (χ2n) is 5.72. The predicted octanol–water partition coefficient (Wildman–Crippen LogP) is 2.19. The van der Waals surface area contributed by atoms with E-state index in [9.17, 15) is 9.59 Å². The molecule has 0 aliphatic rings. The van der Waals surface area contributed by atoms with Gasteiger partial charge < -0.3 is 10.4 Å². The monoisotopic (exact) mass is 286 g/mol. The van der Waals surface area contributed by atoms with Gasteiger partial charge in [-0.2, -0.15) is 5.26 Å². The summed E-state index contributed by atoms with van der Waals surface area (Å²) in [6.45, 7) is 5.23. The molecular weight excluding hydrogens is 268 g/mol. The minimum Gasteiger partial charge on any atom is -0.480 e. The maximum atomic E-state index is 11.8. The van der Waals surface area contributed by atoms with Gasteiger partial charge in [0.2, 0.25) is 5.91 Å². The molecule has 0 saturated heterocycles. The van der Waals surface area contributed by atoms with Crippen molar-refractivity contribution in [3.8, 4) is 6.07 Å². The highest BCUT2D eigenvalue weighted by molar-refractivity contribution is 5.94. The van der Waals surface area contributed by atoms with Gasteiger partial charge in [-0.25, -0.2) is 4.79 Å². The van der Waals surface area contributed by atoms with E-state index in [2.05, 4.69) is 5.32 Å². The second kappa shape index (κ2) is 6.71. The van der Waals surface area contributed by atoms with Gasteiger partial charge in [-0.1, -0.05) is 32.9 Å². The molecule has 1 aromatic carbocycles. The van der Waals surface area contributed by atoms with Crippen LogP contribution in [0.1, 0.15) is 31.9 Å². The second-order valence-corrected chi connectivity index (χ2v) is 5.72. The quantitative estimate of drug-likeness (QED) is 0.830. The van der Waals surface area contributed by atoms with Crippen LogP contribution in [-0.4, -0.2) is 23.0 Å². The molecule has 21 heavy (non-hydrogen) atoms. The van der Waals surface area contributed by atoms with Crippen LogP contribution in [0, 0.1) is 16.7 Å². The standard InChI is InChI=1S/C16H18N2O3/c1-16(2,3)14(15(20)21)18-13(19)8-7-11-5-4-6-12(9-11)10-17/h4-9,14H,1-3H3,(H,18,19)(H,20,21)/b8-7+/t14-/m1/s1. The minimum absolute atomic E-state index is 0.486. The Bertz CT molecular complexity index is 607. The van der Waals surface area contributed by atoms with E-state index in [-0.39, 0.29) is 0 Å². The van der Waals surface area contributed by atoms with E-state index in [4.69, 9.17) is 10.4 Å². The molecule has 0 aliphatic heterocycles. The molecule has 5 nitrogen and oxygen atoms in total. The Morgan fingerprint density at radius 1 is 1.38 bits per heavy atom. The summed E-state index contributed by atoms with van der Waals surface area (Å²) in [7, 11) is 0. The molecule has 0 spiro atoms. The van der Waals surface area contributed by atoms with Crippen molar-refractivity contribution in [3.63, 3.8) is 0 Å². The number of rotatable bonds is 4. The van der Waals surface area contributed by atoms with Gasteiger partial charge in [0.25, 0.3) is 0 Å². The Kier molecular flexibility index (Phi) is 5.25. The van der Waals surface area contributed by atoms with Crippen molar-refractivity contribution in [2.24, 2.45) is 5.41 Å². The van der Waals surface area contributed by atoms with Gasteiger partial charge in [0.1, 0.15) is 6.04 Å². The van der Waals surface area contributed by atoms with Gasteiger partial charge in [0, 0.05) is 6.08 Å². The van der Waals surface area contributed by atoms with Gasteiger partial charge in [-0.15, -0.1) is 0 Å². The SMILES string of the molecule is CC(C)(C)[C@H](NC(=O)/C=C/c1cccc(C#N)c1)C(=O)O. The van der Waals surface area contributed by atoms with Crippen LogP contribution in [0.2, 0.25) is 0 Å². The molecule has 0 saturated carbocycles. The summed E-state index contributed by atoms with van der Waals surface area (Å²) in [5.74, 6) is -1.56. The van der Waals surface area contributed by atoms with E-state index in [1.807, 2.05) is 6.07 Å². The molecule has 5 heteroatoms. The summed E-state index contributed by atoms with van der Waals surface area (Å²) in [4.78, 5) is 23.0. The Hall–Kier alpha value is -2.61. The highest BCUT2D eigenvalue weighted by Crippen LogP contribution is 2.19. The molecule has 0 aromatic heterocycles. The van der Waals surface area contributed by atoms with E-state index in [0.29, 0.717) is 11.1 Å². The molecule has 0 unspecified atom stereocenters. The number of nitriles is 1. The highest BCUT2D eigenvalue weighted by Gasteiger charge is 2.31. The van der Waals surface area contributed by atoms with Gasteiger partial charge in [0.05, 0.1) is 11.6 Å². The molecular formula is C16H18N2O3. The molecule has 0 heterocycles. The van der Waals surface area contributed by atoms with Crippen LogP contribution in [0.15, 0.2) is 30.3 Å². The summed E-state index contributed by atoms with van der Waals surface area (Å²) >= 11 is 0. The van der Waals surface area contributed by atoms with E-state index in [0.717, 1.165) is 0 Å². The topological polar surface area (TPSA) is 90.2 Å². The molecule has 0 bridgehead atoms. The number of amides is 1. The molecule has 2 N–H and O–H groups in total. The Labute approximate surface area is 123 Å². The van der Waals surface area contributed by atoms with Crippen LogP contribution < -0.4 is 5.32 Å². The van der Waals surface area contributed by atoms with E-state index in [1.54, 1.807) is 45.0 Å². The highest BCUT2D eigenvalue weighted by atomic mass is 16.4. The molecule has 0 fully saturated rings. The first-order valence-electron chi connectivity index (χ1n) is 6.45. The molecule has 0 radical (unpaired) electrons. The number of hydrogen-bond acceptors (Lipinski definition) is 3. The lowest BCUT2D eigenvalue weighted by molar-refractivity contribution is -0.144. The van der Waals surface area contributed by atoms with Crippen molar-refractivity contribution in [2.75, 3.05) is 0 Å². The zero-order valence-electron chi connectivity index (χ0n) is 12.3. The van der Waals surface area contributed by atoms with Crippen LogP contribution in [-0.2, 0) is 9.59 Å². The van der Waals surface area contributed by atoms with Crippen LogP contribution >= 0.6 is 0 Å². The van der Waals surface area contributed by atoms with E-state index < -0.39 is 23.3 Å². The normalized spacial score (nSPS) is 12.7. The van der Waals surface area contributed by atoms with Crippen molar-refractivity contribution in [3.05, 3.63) is 41.5 Å². The van der Waals surface area contributed by atoms with Crippen molar-refractivity contribution >= 4 is 18.0 Å². The van der Waals surface area contributed by atoms with Crippen molar-refractivity contribution in [2.45, 2.75) is 26.8 Å². The lowest BCUT2D eigenvalue weighted by atomic mass is 9.87. The first-order valence-corrected chi connectivity index (χ1v) is 6.45. The molecule has 1 aromatic rings. The van der Waals surface area contributed by atoms with Gasteiger partial charge in [-0.05, 0) is 29.2 Å². The fraction of sp³-hybridized carbons (Fsp3) is 0.312. The van der Waals surface area contributed by atoms with Crippen molar-refractivity contribution in [1.82, 2.24) is 5.32 Å². The summed E-state index contributed by atoms with van der Waals surface area (Å²) in [6, 6.07) is 7.81. The van der Waals surface area contributed by atoms with E-state index >= 15 is 0 Å². The third-order valence-electron chi connectivity index (χ3n) is 2.84. The fourth-order valence-corrected chi connectivity index (χ4v) is 1.72. The first kappa shape index (κ1) is 16.4. The molecule has 1 atom stereocenters. The molecule has 1 rings (SSSR count). The lowest BCUT2D eigenvalue weighted by Gasteiger charge is -2.27. The number of hydrogen-bond donors (Lipinski definition) is 2. The van der Waals surface area contributed by atoms with Crippen LogP contribution in [0.4, 0.5) is 0 Å². The lowest BCUT2D eigenvalue weighted by Crippen LogP contribution is -2.48. The summed E-state index contributed by atoms with van der Waals surface area (Å²) in [6.07, 6.45) is 2.80. The van der Waals surface area contributed by atoms with Crippen molar-refractivity contribution in [1.29, 1.82) is 5.26 Å². The molecule has 110 valence electrons. The number of nitrogens with one attached hydrogen (secondary N) is 1. The maximum Gasteiger partial charge on any atom is 0.326 e. The maximum absolute atomic E-state index is 11.8. The fourth-order valence-electron chi connectivity index (χ4n) is 1.72. The third kappa shape index (κ3) is 5.11. The number of aliphatic carboxylic acids is 1. The number of nitrogens with zero attached hydrogens (tertiary/aromatic N) is 1. The van der Waals surface area contributed by atoms with Crippen LogP contribution in [0.25, 0.3) is 6.08 Å². The van der Waals surface area contributed by atoms with E-state index in [1.165, 1.54) is 12.2 Å². The average Bonchev–Trinajstić information content (AvgIpc) is 2.41. The zero-order chi connectivity index (χ0) is 16.0. The zero-order valence-corrected chi connectivity index (χ0v) is 12.3. The third-order valence-corrected chi connectivity index (χ3v) is 2.84. The van der Waals surface area contributed by atoms with Gasteiger partial charge >= 0.3 is 5.97 Å². The van der Waals surface area contributed by atoms with Gasteiger partial charge in [-0.3, -0.25) is 4.79 Å². The Balaban J connectivity index is 2.79. The Morgan fingerprint density at radius 3 is 2.57 bits per heavy atom. The first-order chi connectivity index (χ1) is 9.74. The van der Waals surface area contributed by atoms with Crippen LogP contribution in [0.5, 0.6) is 0 Å².